The maximum atomic E-state index is 11.9. The number of aryl methyl sites for hydroxylation is 1. The molecule has 1 aromatic heterocycles. The standard InChI is InChI=1S/C11H11N3O/c15-11-13-8-4-7-10(13)12-14(11)9-5-2-1-3-6-9/h1-3,5-6H,4,7-8H2. The topological polar surface area (TPSA) is 39.8 Å². The second-order valence-corrected chi connectivity index (χ2v) is 3.70. The SMILES string of the molecule is O=c1n(-c2ccccc2)nc2n1CCC2. The highest BCUT2D eigenvalue weighted by Crippen LogP contribution is 2.10. The average Bonchev–Trinajstić information content (AvgIpc) is 2.83. The van der Waals surface area contributed by atoms with Crippen LogP contribution in [0.15, 0.2) is 35.1 Å². The van der Waals surface area contributed by atoms with Crippen LogP contribution >= 0.6 is 0 Å². The van der Waals surface area contributed by atoms with Gasteiger partial charge in [-0.25, -0.2) is 4.79 Å². The van der Waals surface area contributed by atoms with E-state index < -0.39 is 0 Å². The van der Waals surface area contributed by atoms with Crippen LogP contribution in [0.1, 0.15) is 12.2 Å². The molecule has 76 valence electrons. The summed E-state index contributed by atoms with van der Waals surface area (Å²) >= 11 is 0. The Kier molecular flexibility index (Phi) is 1.74. The molecule has 2 heterocycles. The molecule has 4 heteroatoms. The molecule has 0 atom stereocenters. The van der Waals surface area contributed by atoms with Crippen LogP contribution in [0.2, 0.25) is 0 Å². The average molecular weight is 201 g/mol. The smallest absolute Gasteiger partial charge is 0.279 e. The van der Waals surface area contributed by atoms with Crippen molar-refractivity contribution in [2.24, 2.45) is 0 Å². The van der Waals surface area contributed by atoms with Gasteiger partial charge in [-0.1, -0.05) is 18.2 Å². The van der Waals surface area contributed by atoms with Crippen LogP contribution in [0.3, 0.4) is 0 Å². The van der Waals surface area contributed by atoms with E-state index in [1.54, 1.807) is 4.57 Å². The number of benzene rings is 1. The van der Waals surface area contributed by atoms with Crippen molar-refractivity contribution in [3.8, 4) is 5.69 Å². The van der Waals surface area contributed by atoms with Crippen LogP contribution < -0.4 is 5.69 Å². The Bertz CT molecular complexity index is 539. The van der Waals surface area contributed by atoms with Gasteiger partial charge in [0.1, 0.15) is 5.82 Å². The van der Waals surface area contributed by atoms with E-state index in [9.17, 15) is 4.79 Å². The van der Waals surface area contributed by atoms with Crippen LogP contribution in [0.25, 0.3) is 5.69 Å². The molecular formula is C11H11N3O. The highest BCUT2D eigenvalue weighted by atomic mass is 16.2. The molecular weight excluding hydrogens is 190 g/mol. The number of para-hydroxylation sites is 1. The minimum absolute atomic E-state index is 0.0197. The van der Waals surface area contributed by atoms with Crippen LogP contribution in [-0.4, -0.2) is 14.3 Å². The van der Waals surface area contributed by atoms with E-state index in [-0.39, 0.29) is 5.69 Å². The van der Waals surface area contributed by atoms with Crippen molar-refractivity contribution in [3.05, 3.63) is 46.6 Å². The summed E-state index contributed by atoms with van der Waals surface area (Å²) in [6.07, 6.45) is 1.95. The fraction of sp³-hybridized carbons (Fsp3) is 0.273. The fourth-order valence-electron chi connectivity index (χ4n) is 1.98. The summed E-state index contributed by atoms with van der Waals surface area (Å²) in [6.45, 7) is 0.807. The molecule has 15 heavy (non-hydrogen) atoms. The monoisotopic (exact) mass is 201 g/mol. The van der Waals surface area contributed by atoms with E-state index in [0.717, 1.165) is 30.9 Å². The third-order valence-corrected chi connectivity index (χ3v) is 2.72. The van der Waals surface area contributed by atoms with Crippen LogP contribution in [0.5, 0.6) is 0 Å². The summed E-state index contributed by atoms with van der Waals surface area (Å²) < 4.78 is 3.24. The zero-order valence-corrected chi connectivity index (χ0v) is 8.26. The van der Waals surface area contributed by atoms with Gasteiger partial charge in [-0.2, -0.15) is 4.68 Å². The maximum Gasteiger partial charge on any atom is 0.350 e. The zero-order valence-electron chi connectivity index (χ0n) is 8.26. The molecule has 0 N–H and O–H groups in total. The predicted molar refractivity (Wildman–Crippen MR) is 56.1 cm³/mol. The summed E-state index contributed by atoms with van der Waals surface area (Å²) in [5.41, 5.74) is 0.818. The molecule has 1 aromatic carbocycles. The first-order valence-corrected chi connectivity index (χ1v) is 5.10. The van der Waals surface area contributed by atoms with Crippen molar-refractivity contribution in [1.29, 1.82) is 0 Å². The molecule has 0 bridgehead atoms. The molecule has 1 aliphatic rings. The first-order valence-electron chi connectivity index (χ1n) is 5.10. The van der Waals surface area contributed by atoms with Gasteiger partial charge >= 0.3 is 5.69 Å². The minimum Gasteiger partial charge on any atom is -0.279 e. The van der Waals surface area contributed by atoms with Gasteiger partial charge in [0.15, 0.2) is 0 Å². The molecule has 0 amide bonds. The molecule has 0 saturated carbocycles. The van der Waals surface area contributed by atoms with Crippen molar-refractivity contribution < 1.29 is 0 Å². The van der Waals surface area contributed by atoms with E-state index >= 15 is 0 Å². The summed E-state index contributed by atoms with van der Waals surface area (Å²) in [7, 11) is 0. The Morgan fingerprint density at radius 3 is 2.73 bits per heavy atom. The van der Waals surface area contributed by atoms with Crippen LogP contribution in [-0.2, 0) is 13.0 Å². The quantitative estimate of drug-likeness (QED) is 0.690. The van der Waals surface area contributed by atoms with Gasteiger partial charge in [0.2, 0.25) is 0 Å². The van der Waals surface area contributed by atoms with E-state index in [2.05, 4.69) is 5.10 Å². The molecule has 0 unspecified atom stereocenters. The number of aromatic nitrogens is 3. The number of rotatable bonds is 1. The van der Waals surface area contributed by atoms with E-state index in [1.165, 1.54) is 4.68 Å². The summed E-state index contributed by atoms with van der Waals surface area (Å²) in [4.78, 5) is 11.9. The van der Waals surface area contributed by atoms with Gasteiger partial charge in [-0.05, 0) is 18.6 Å². The van der Waals surface area contributed by atoms with Crippen molar-refractivity contribution in [2.75, 3.05) is 0 Å². The molecule has 0 aliphatic carbocycles. The van der Waals surface area contributed by atoms with Crippen LogP contribution in [0.4, 0.5) is 0 Å². The van der Waals surface area contributed by atoms with E-state index in [0.29, 0.717) is 0 Å². The zero-order chi connectivity index (χ0) is 10.3. The Balaban J connectivity index is 2.19. The highest BCUT2D eigenvalue weighted by molar-refractivity contribution is 5.29. The number of fused-ring (bicyclic) bond motifs is 1. The van der Waals surface area contributed by atoms with Gasteiger partial charge in [0, 0.05) is 13.0 Å². The Labute approximate surface area is 86.8 Å². The van der Waals surface area contributed by atoms with Gasteiger partial charge < -0.3 is 0 Å². The minimum atomic E-state index is -0.0197. The Morgan fingerprint density at radius 1 is 1.20 bits per heavy atom. The largest absolute Gasteiger partial charge is 0.350 e. The van der Waals surface area contributed by atoms with E-state index in [4.69, 9.17) is 0 Å². The lowest BCUT2D eigenvalue weighted by molar-refractivity contribution is 0.689. The van der Waals surface area contributed by atoms with Gasteiger partial charge in [0.05, 0.1) is 5.69 Å². The molecule has 0 saturated heterocycles. The molecule has 0 fully saturated rings. The first-order chi connectivity index (χ1) is 7.36. The fourth-order valence-corrected chi connectivity index (χ4v) is 1.98. The predicted octanol–water partition coefficient (Wildman–Crippen LogP) is 0.980. The van der Waals surface area contributed by atoms with Crippen molar-refractivity contribution in [2.45, 2.75) is 19.4 Å². The first kappa shape index (κ1) is 8.47. The van der Waals surface area contributed by atoms with Gasteiger partial charge in [0.25, 0.3) is 0 Å². The summed E-state index contributed by atoms with van der Waals surface area (Å²) in [5, 5.41) is 4.33. The summed E-state index contributed by atoms with van der Waals surface area (Å²) in [5.74, 6) is 0.906. The molecule has 4 nitrogen and oxygen atoms in total. The Hall–Kier alpha value is -1.84. The lowest BCUT2D eigenvalue weighted by atomic mass is 10.3. The highest BCUT2D eigenvalue weighted by Gasteiger charge is 2.18. The molecule has 3 rings (SSSR count). The second-order valence-electron chi connectivity index (χ2n) is 3.70. The van der Waals surface area contributed by atoms with Crippen molar-refractivity contribution in [3.63, 3.8) is 0 Å². The summed E-state index contributed by atoms with van der Waals surface area (Å²) in [6, 6.07) is 9.53. The number of hydrogen-bond acceptors (Lipinski definition) is 2. The van der Waals surface area contributed by atoms with Crippen molar-refractivity contribution in [1.82, 2.24) is 14.3 Å². The second kappa shape index (κ2) is 3.08. The Morgan fingerprint density at radius 2 is 2.00 bits per heavy atom. The maximum absolute atomic E-state index is 11.9. The number of hydrogen-bond donors (Lipinski definition) is 0. The molecule has 0 spiro atoms. The normalized spacial score (nSPS) is 14.1. The van der Waals surface area contributed by atoms with E-state index in [1.807, 2.05) is 30.3 Å². The lowest BCUT2D eigenvalue weighted by Gasteiger charge is -1.97. The lowest BCUT2D eigenvalue weighted by Crippen LogP contribution is -2.22. The van der Waals surface area contributed by atoms with Gasteiger partial charge in [-0.15, -0.1) is 5.10 Å². The molecule has 1 aliphatic heterocycles. The molecule has 0 radical (unpaired) electrons. The van der Waals surface area contributed by atoms with Crippen molar-refractivity contribution >= 4 is 0 Å². The van der Waals surface area contributed by atoms with Crippen LogP contribution in [0, 0.1) is 0 Å². The third kappa shape index (κ3) is 1.21. The molecule has 2 aromatic rings. The number of nitrogens with zero attached hydrogens (tertiary/aromatic N) is 3. The van der Waals surface area contributed by atoms with Gasteiger partial charge in [-0.3, -0.25) is 4.57 Å². The third-order valence-electron chi connectivity index (χ3n) is 2.72.